The van der Waals surface area contributed by atoms with Crippen LogP contribution in [0.2, 0.25) is 0 Å². The molecule has 110 valence electrons. The molecule has 1 atom stereocenters. The number of nitrogens with one attached hydrogen (secondary N) is 1. The average Bonchev–Trinajstić information content (AvgIpc) is 2.50. The fourth-order valence-electron chi connectivity index (χ4n) is 1.85. The molecule has 21 heavy (non-hydrogen) atoms. The van der Waals surface area contributed by atoms with Crippen LogP contribution in [0, 0.1) is 5.82 Å². The zero-order valence-electron chi connectivity index (χ0n) is 11.5. The lowest BCUT2D eigenvalue weighted by Crippen LogP contribution is -2.27. The van der Waals surface area contributed by atoms with Crippen molar-refractivity contribution in [3.8, 4) is 11.5 Å². The molecule has 0 fully saturated rings. The molecule has 0 bridgehead atoms. The Morgan fingerprint density at radius 3 is 2.62 bits per heavy atom. The van der Waals surface area contributed by atoms with E-state index >= 15 is 0 Å². The summed E-state index contributed by atoms with van der Waals surface area (Å²) in [6, 6.07) is 13.2. The van der Waals surface area contributed by atoms with E-state index in [9.17, 15) is 9.18 Å². The number of rotatable bonds is 5. The molecule has 0 saturated heterocycles. The molecule has 5 heteroatoms. The Balaban J connectivity index is 2.12. The van der Waals surface area contributed by atoms with Crippen LogP contribution < -0.4 is 10.1 Å². The van der Waals surface area contributed by atoms with Gasteiger partial charge in [0.25, 0.3) is 0 Å². The fraction of sp³-hybridized carbons (Fsp3) is 0.188. The van der Waals surface area contributed by atoms with Gasteiger partial charge in [-0.25, -0.2) is 4.39 Å². The van der Waals surface area contributed by atoms with Crippen molar-refractivity contribution < 1.29 is 13.9 Å². The first-order valence-corrected chi connectivity index (χ1v) is 7.01. The third-order valence-electron chi connectivity index (χ3n) is 2.93. The van der Waals surface area contributed by atoms with Crippen LogP contribution in [-0.4, -0.2) is 11.8 Å². The lowest BCUT2D eigenvalue weighted by atomic mass is 10.1. The fourth-order valence-corrected chi connectivity index (χ4v) is 1.93. The number of hydrogen-bond donors (Lipinski definition) is 1. The monoisotopic (exact) mass is 307 g/mol. The van der Waals surface area contributed by atoms with Gasteiger partial charge in [-0.2, -0.15) is 0 Å². The summed E-state index contributed by atoms with van der Waals surface area (Å²) in [5.41, 5.74) is 0.645. The van der Waals surface area contributed by atoms with E-state index in [0.29, 0.717) is 11.3 Å². The summed E-state index contributed by atoms with van der Waals surface area (Å²) in [4.78, 5) is 11.2. The van der Waals surface area contributed by atoms with Crippen LogP contribution in [0.4, 0.5) is 4.39 Å². The highest BCUT2D eigenvalue weighted by Gasteiger charge is 2.12. The minimum atomic E-state index is -0.483. The molecule has 1 unspecified atom stereocenters. The van der Waals surface area contributed by atoms with Crippen LogP contribution in [0.15, 0.2) is 48.5 Å². The van der Waals surface area contributed by atoms with Crippen molar-refractivity contribution in [2.45, 2.75) is 13.0 Å². The molecule has 2 rings (SSSR count). The van der Waals surface area contributed by atoms with Crippen LogP contribution in [0.25, 0.3) is 0 Å². The van der Waals surface area contributed by atoms with Crippen molar-refractivity contribution in [2.75, 3.05) is 5.88 Å². The number of alkyl halides is 1. The number of halogens is 2. The minimum Gasteiger partial charge on any atom is -0.454 e. The Morgan fingerprint density at radius 2 is 2.00 bits per heavy atom. The topological polar surface area (TPSA) is 38.3 Å². The maximum Gasteiger partial charge on any atom is 0.235 e. The van der Waals surface area contributed by atoms with Gasteiger partial charge in [0.2, 0.25) is 5.91 Å². The van der Waals surface area contributed by atoms with E-state index in [1.165, 1.54) is 6.07 Å². The molecule has 0 saturated carbocycles. The average molecular weight is 308 g/mol. The highest BCUT2D eigenvalue weighted by atomic mass is 35.5. The molecule has 0 spiro atoms. The van der Waals surface area contributed by atoms with Gasteiger partial charge in [0.15, 0.2) is 11.6 Å². The van der Waals surface area contributed by atoms with E-state index in [1.54, 1.807) is 31.2 Å². The summed E-state index contributed by atoms with van der Waals surface area (Å²) in [6.45, 7) is 1.76. The molecule has 0 aliphatic rings. The van der Waals surface area contributed by atoms with E-state index in [0.717, 1.165) is 0 Å². The van der Waals surface area contributed by atoms with Gasteiger partial charge < -0.3 is 10.1 Å². The van der Waals surface area contributed by atoms with E-state index in [2.05, 4.69) is 5.32 Å². The second-order valence-corrected chi connectivity index (χ2v) is 4.80. The molecule has 3 nitrogen and oxygen atoms in total. The molecule has 1 amide bonds. The summed E-state index contributed by atoms with van der Waals surface area (Å²) in [5.74, 6) is -0.201. The van der Waals surface area contributed by atoms with Crippen molar-refractivity contribution >= 4 is 17.5 Å². The molecule has 0 aliphatic heterocycles. The van der Waals surface area contributed by atoms with Gasteiger partial charge in [0.1, 0.15) is 11.6 Å². The summed E-state index contributed by atoms with van der Waals surface area (Å²) in [5, 5.41) is 2.66. The van der Waals surface area contributed by atoms with Gasteiger partial charge >= 0.3 is 0 Å². The summed E-state index contributed by atoms with van der Waals surface area (Å²) < 4.78 is 19.5. The second-order valence-electron chi connectivity index (χ2n) is 4.53. The third kappa shape index (κ3) is 4.20. The number of amides is 1. The number of ether oxygens (including phenoxy) is 1. The van der Waals surface area contributed by atoms with Crippen LogP contribution in [-0.2, 0) is 4.79 Å². The van der Waals surface area contributed by atoms with Gasteiger partial charge in [-0.05, 0) is 36.8 Å². The number of para-hydroxylation sites is 1. The maximum absolute atomic E-state index is 14.1. The predicted molar refractivity (Wildman–Crippen MR) is 80.2 cm³/mol. The lowest BCUT2D eigenvalue weighted by molar-refractivity contribution is -0.119. The second kappa shape index (κ2) is 7.09. The molecular weight excluding hydrogens is 293 g/mol. The van der Waals surface area contributed by atoms with E-state index in [1.807, 2.05) is 18.2 Å². The predicted octanol–water partition coefficient (Wildman–Crippen LogP) is 4.03. The van der Waals surface area contributed by atoms with E-state index in [4.69, 9.17) is 16.3 Å². The molecule has 0 heterocycles. The first-order chi connectivity index (χ1) is 10.1. The van der Waals surface area contributed by atoms with Gasteiger partial charge in [0.05, 0.1) is 6.04 Å². The summed E-state index contributed by atoms with van der Waals surface area (Å²) >= 11 is 5.42. The molecule has 1 N–H and O–H groups in total. The van der Waals surface area contributed by atoms with Crippen molar-refractivity contribution in [3.05, 3.63) is 59.9 Å². The van der Waals surface area contributed by atoms with Crippen LogP contribution in [0.3, 0.4) is 0 Å². The SMILES string of the molecule is CC(NC(=O)CCl)c1ccc(Oc2ccccc2)c(F)c1. The summed E-state index contributed by atoms with van der Waals surface area (Å²) in [6.07, 6.45) is 0. The third-order valence-corrected chi connectivity index (χ3v) is 3.17. The number of hydrogen-bond acceptors (Lipinski definition) is 2. The quantitative estimate of drug-likeness (QED) is 0.847. The number of carbonyl (C=O) groups excluding carboxylic acids is 1. The Hall–Kier alpha value is -2.07. The highest BCUT2D eigenvalue weighted by molar-refractivity contribution is 6.27. The summed E-state index contributed by atoms with van der Waals surface area (Å²) in [7, 11) is 0. The Bertz CT molecular complexity index is 619. The van der Waals surface area contributed by atoms with Crippen LogP contribution >= 0.6 is 11.6 Å². The van der Waals surface area contributed by atoms with Gasteiger partial charge in [-0.3, -0.25) is 4.79 Å². The maximum atomic E-state index is 14.1. The minimum absolute atomic E-state index is 0.123. The smallest absolute Gasteiger partial charge is 0.235 e. The molecule has 0 aliphatic carbocycles. The molecule has 0 aromatic heterocycles. The van der Waals surface area contributed by atoms with Gasteiger partial charge in [-0.1, -0.05) is 24.3 Å². The van der Waals surface area contributed by atoms with Crippen molar-refractivity contribution in [1.82, 2.24) is 5.32 Å². The first kappa shape index (κ1) is 15.3. The normalized spacial score (nSPS) is 11.8. The number of benzene rings is 2. The zero-order chi connectivity index (χ0) is 15.2. The Morgan fingerprint density at radius 1 is 1.29 bits per heavy atom. The van der Waals surface area contributed by atoms with Crippen LogP contribution in [0.5, 0.6) is 11.5 Å². The van der Waals surface area contributed by atoms with Crippen molar-refractivity contribution in [3.63, 3.8) is 0 Å². The van der Waals surface area contributed by atoms with Crippen molar-refractivity contribution in [1.29, 1.82) is 0 Å². The lowest BCUT2D eigenvalue weighted by Gasteiger charge is -2.14. The van der Waals surface area contributed by atoms with Gasteiger partial charge in [-0.15, -0.1) is 11.6 Å². The van der Waals surface area contributed by atoms with Crippen molar-refractivity contribution in [2.24, 2.45) is 0 Å². The van der Waals surface area contributed by atoms with Gasteiger partial charge in [0, 0.05) is 0 Å². The Kier molecular flexibility index (Phi) is 5.17. The largest absolute Gasteiger partial charge is 0.454 e. The molecular formula is C16H15ClFNO2. The molecule has 2 aromatic rings. The Labute approximate surface area is 127 Å². The standard InChI is InChI=1S/C16H15ClFNO2/c1-11(19-16(20)10-17)12-7-8-15(14(18)9-12)21-13-5-3-2-4-6-13/h2-9,11H,10H2,1H3,(H,19,20). The van der Waals surface area contributed by atoms with E-state index < -0.39 is 5.82 Å². The number of carbonyl (C=O) groups is 1. The van der Waals surface area contributed by atoms with Crippen LogP contribution in [0.1, 0.15) is 18.5 Å². The molecule has 2 aromatic carbocycles. The molecule has 0 radical (unpaired) electrons. The first-order valence-electron chi connectivity index (χ1n) is 6.48. The highest BCUT2D eigenvalue weighted by Crippen LogP contribution is 2.26. The zero-order valence-corrected chi connectivity index (χ0v) is 12.2. The van der Waals surface area contributed by atoms with E-state index in [-0.39, 0.29) is 23.6 Å².